The number of amides is 1. The molecule has 4 nitrogen and oxygen atoms in total. The van der Waals surface area contributed by atoms with Crippen molar-refractivity contribution in [3.8, 4) is 5.75 Å². The monoisotopic (exact) mass is 332 g/mol. The lowest BCUT2D eigenvalue weighted by Gasteiger charge is -2.32. The number of piperidine rings is 1. The second kappa shape index (κ2) is 7.74. The van der Waals surface area contributed by atoms with Gasteiger partial charge >= 0.3 is 6.61 Å². The van der Waals surface area contributed by atoms with Crippen LogP contribution in [0.15, 0.2) is 18.2 Å². The minimum Gasteiger partial charge on any atom is -0.434 e. The zero-order valence-corrected chi connectivity index (χ0v) is 13.1. The second-order valence-corrected chi connectivity index (χ2v) is 5.75. The molecule has 7 heteroatoms. The van der Waals surface area contributed by atoms with Crippen LogP contribution in [0.2, 0.25) is 5.02 Å². The van der Waals surface area contributed by atoms with Crippen LogP contribution in [0.5, 0.6) is 5.75 Å². The predicted octanol–water partition coefficient (Wildman–Crippen LogP) is 3.01. The molecular weight excluding hydrogens is 314 g/mol. The summed E-state index contributed by atoms with van der Waals surface area (Å²) >= 11 is 5.88. The van der Waals surface area contributed by atoms with Gasteiger partial charge in [0.15, 0.2) is 0 Å². The fourth-order valence-electron chi connectivity index (χ4n) is 2.67. The molecule has 1 N–H and O–H groups in total. The van der Waals surface area contributed by atoms with Crippen molar-refractivity contribution in [1.82, 2.24) is 10.2 Å². The van der Waals surface area contributed by atoms with Gasteiger partial charge in [0.05, 0.1) is 5.56 Å². The molecule has 1 saturated heterocycles. The van der Waals surface area contributed by atoms with Crippen LogP contribution in [0, 0.1) is 5.92 Å². The molecule has 0 aromatic heterocycles. The van der Waals surface area contributed by atoms with E-state index in [9.17, 15) is 13.6 Å². The Morgan fingerprint density at radius 3 is 2.73 bits per heavy atom. The highest BCUT2D eigenvalue weighted by atomic mass is 35.5. The first-order valence-electron chi connectivity index (χ1n) is 7.19. The van der Waals surface area contributed by atoms with Crippen molar-refractivity contribution in [3.63, 3.8) is 0 Å². The molecule has 1 aromatic carbocycles. The lowest BCUT2D eigenvalue weighted by molar-refractivity contribution is -0.0503. The topological polar surface area (TPSA) is 41.6 Å². The van der Waals surface area contributed by atoms with E-state index in [-0.39, 0.29) is 17.2 Å². The van der Waals surface area contributed by atoms with E-state index in [1.807, 2.05) is 7.05 Å². The number of carbonyl (C=O) groups excluding carboxylic acids is 1. The summed E-state index contributed by atoms with van der Waals surface area (Å²) in [4.78, 5) is 14.2. The second-order valence-electron chi connectivity index (χ2n) is 5.31. The molecule has 1 heterocycles. The Morgan fingerprint density at radius 2 is 2.14 bits per heavy atom. The van der Waals surface area contributed by atoms with Crippen LogP contribution < -0.4 is 10.1 Å². The van der Waals surface area contributed by atoms with Crippen LogP contribution in [-0.2, 0) is 0 Å². The smallest absolute Gasteiger partial charge is 0.387 e. The van der Waals surface area contributed by atoms with Crippen LogP contribution in [0.1, 0.15) is 23.2 Å². The number of nitrogens with one attached hydrogen (secondary N) is 1. The van der Waals surface area contributed by atoms with Gasteiger partial charge in [0.2, 0.25) is 0 Å². The molecule has 1 amide bonds. The standard InChI is InChI=1S/C15H19ClF2N2O2/c1-19-9-10-4-6-20(7-5-10)14(21)12-8-11(16)2-3-13(12)22-15(17)18/h2-3,8,10,15,19H,4-7,9H2,1H3. The first-order chi connectivity index (χ1) is 10.5. The van der Waals surface area contributed by atoms with Crippen molar-refractivity contribution in [1.29, 1.82) is 0 Å². The normalized spacial score (nSPS) is 16.1. The minimum absolute atomic E-state index is 0.0832. The first-order valence-corrected chi connectivity index (χ1v) is 7.57. The minimum atomic E-state index is -2.98. The van der Waals surface area contributed by atoms with E-state index in [2.05, 4.69) is 10.1 Å². The van der Waals surface area contributed by atoms with Gasteiger partial charge in [-0.3, -0.25) is 4.79 Å². The van der Waals surface area contributed by atoms with E-state index >= 15 is 0 Å². The molecule has 0 atom stereocenters. The number of hydrogen-bond donors (Lipinski definition) is 1. The largest absolute Gasteiger partial charge is 0.434 e. The summed E-state index contributed by atoms with van der Waals surface area (Å²) in [6.07, 6.45) is 1.77. The highest BCUT2D eigenvalue weighted by molar-refractivity contribution is 6.31. The Hall–Kier alpha value is -1.40. The average molecular weight is 333 g/mol. The van der Waals surface area contributed by atoms with E-state index in [4.69, 9.17) is 11.6 Å². The molecule has 1 aliphatic rings. The summed E-state index contributed by atoms with van der Waals surface area (Å²) in [6.45, 7) is -0.856. The number of carbonyl (C=O) groups is 1. The molecule has 1 aromatic rings. The van der Waals surface area contributed by atoms with Crippen molar-refractivity contribution < 1.29 is 18.3 Å². The number of rotatable bonds is 5. The van der Waals surface area contributed by atoms with Gasteiger partial charge in [0.1, 0.15) is 5.75 Å². The lowest BCUT2D eigenvalue weighted by atomic mass is 9.96. The summed E-state index contributed by atoms with van der Waals surface area (Å²) in [5.41, 5.74) is 0.0832. The van der Waals surface area contributed by atoms with Gasteiger partial charge in [-0.1, -0.05) is 11.6 Å². The summed E-state index contributed by atoms with van der Waals surface area (Å²) < 4.78 is 29.3. The molecule has 0 radical (unpaired) electrons. The van der Waals surface area contributed by atoms with Crippen LogP contribution in [0.3, 0.4) is 0 Å². The molecule has 2 rings (SSSR count). The van der Waals surface area contributed by atoms with E-state index in [0.29, 0.717) is 24.0 Å². The van der Waals surface area contributed by atoms with Crippen LogP contribution >= 0.6 is 11.6 Å². The first kappa shape index (κ1) is 17.0. The number of hydrogen-bond acceptors (Lipinski definition) is 3. The van der Waals surface area contributed by atoms with E-state index in [0.717, 1.165) is 19.4 Å². The molecule has 0 aliphatic carbocycles. The molecule has 1 fully saturated rings. The van der Waals surface area contributed by atoms with Crippen molar-refractivity contribution in [2.75, 3.05) is 26.7 Å². The molecule has 0 spiro atoms. The van der Waals surface area contributed by atoms with Crippen molar-refractivity contribution >= 4 is 17.5 Å². The summed E-state index contributed by atoms with van der Waals surface area (Å²) in [6, 6.07) is 4.10. The third-order valence-electron chi connectivity index (χ3n) is 3.78. The van der Waals surface area contributed by atoms with E-state index < -0.39 is 6.61 Å². The van der Waals surface area contributed by atoms with Crippen molar-refractivity contribution in [2.24, 2.45) is 5.92 Å². The van der Waals surface area contributed by atoms with E-state index in [1.54, 1.807) is 4.90 Å². The zero-order chi connectivity index (χ0) is 16.1. The van der Waals surface area contributed by atoms with Crippen LogP contribution in [0.25, 0.3) is 0 Å². The molecule has 122 valence electrons. The lowest BCUT2D eigenvalue weighted by Crippen LogP contribution is -2.40. The fourth-order valence-corrected chi connectivity index (χ4v) is 2.84. The van der Waals surface area contributed by atoms with Gasteiger partial charge in [-0.2, -0.15) is 8.78 Å². The third kappa shape index (κ3) is 4.30. The molecule has 0 saturated carbocycles. The maximum Gasteiger partial charge on any atom is 0.387 e. The highest BCUT2D eigenvalue weighted by Crippen LogP contribution is 2.27. The molecular formula is C15H19ClF2N2O2. The molecule has 22 heavy (non-hydrogen) atoms. The quantitative estimate of drug-likeness (QED) is 0.901. The predicted molar refractivity (Wildman–Crippen MR) is 80.6 cm³/mol. The summed E-state index contributed by atoms with van der Waals surface area (Å²) in [5, 5.41) is 3.44. The third-order valence-corrected chi connectivity index (χ3v) is 4.02. The Morgan fingerprint density at radius 1 is 1.45 bits per heavy atom. The number of benzene rings is 1. The summed E-state index contributed by atoms with van der Waals surface area (Å²) in [5.74, 6) is 0.0769. The highest BCUT2D eigenvalue weighted by Gasteiger charge is 2.26. The number of nitrogens with zero attached hydrogens (tertiary/aromatic N) is 1. The SMILES string of the molecule is CNCC1CCN(C(=O)c2cc(Cl)ccc2OC(F)F)CC1. The van der Waals surface area contributed by atoms with Crippen LogP contribution in [0.4, 0.5) is 8.78 Å². The van der Waals surface area contributed by atoms with Gasteiger partial charge in [-0.05, 0) is 50.6 Å². The molecule has 1 aliphatic heterocycles. The molecule has 0 bridgehead atoms. The van der Waals surface area contributed by atoms with Crippen LogP contribution in [-0.4, -0.2) is 44.1 Å². The van der Waals surface area contributed by atoms with Gasteiger partial charge in [0.25, 0.3) is 5.91 Å². The maximum absolute atomic E-state index is 12.5. The Kier molecular flexibility index (Phi) is 5.97. The van der Waals surface area contributed by atoms with Gasteiger partial charge in [0, 0.05) is 18.1 Å². The fraction of sp³-hybridized carbons (Fsp3) is 0.533. The van der Waals surface area contributed by atoms with E-state index in [1.165, 1.54) is 18.2 Å². The zero-order valence-electron chi connectivity index (χ0n) is 12.3. The Labute approximate surface area is 133 Å². The molecule has 0 unspecified atom stereocenters. The number of halogens is 3. The van der Waals surface area contributed by atoms with Gasteiger partial charge in [-0.25, -0.2) is 0 Å². The number of likely N-dealkylation sites (tertiary alicyclic amines) is 1. The number of ether oxygens (including phenoxy) is 1. The number of alkyl halides is 2. The van der Waals surface area contributed by atoms with Gasteiger partial charge in [-0.15, -0.1) is 0 Å². The average Bonchev–Trinajstić information content (AvgIpc) is 2.49. The Balaban J connectivity index is 2.10. The summed E-state index contributed by atoms with van der Waals surface area (Å²) in [7, 11) is 1.90. The Bertz CT molecular complexity index is 520. The van der Waals surface area contributed by atoms with Crippen molar-refractivity contribution in [2.45, 2.75) is 19.5 Å². The van der Waals surface area contributed by atoms with Crippen molar-refractivity contribution in [3.05, 3.63) is 28.8 Å². The van der Waals surface area contributed by atoms with Gasteiger partial charge < -0.3 is 15.0 Å². The maximum atomic E-state index is 12.5.